The number of ketones is 1. The zero-order chi connectivity index (χ0) is 15.1. The van der Waals surface area contributed by atoms with Gasteiger partial charge in [-0.2, -0.15) is 0 Å². The molecule has 0 saturated carbocycles. The number of carbonyl (C=O) groups excluding carboxylic acids is 2. The molecule has 1 aromatic rings. The Morgan fingerprint density at radius 1 is 1.15 bits per heavy atom. The van der Waals surface area contributed by atoms with E-state index in [1.54, 1.807) is 12.1 Å². The summed E-state index contributed by atoms with van der Waals surface area (Å²) in [4.78, 5) is 33.0. The number of carboxylic acid groups (broad SMARTS) is 1. The van der Waals surface area contributed by atoms with Crippen LogP contribution in [0.15, 0.2) is 24.3 Å². The molecule has 1 aromatic carbocycles. The molecule has 0 heterocycles. The van der Waals surface area contributed by atoms with Gasteiger partial charge in [0.25, 0.3) is 0 Å². The van der Waals surface area contributed by atoms with Gasteiger partial charge in [0.1, 0.15) is 0 Å². The summed E-state index contributed by atoms with van der Waals surface area (Å²) in [5.41, 5.74) is 1.53. The van der Waals surface area contributed by atoms with E-state index in [1.165, 1.54) is 6.92 Å². The topological polar surface area (TPSA) is 83.5 Å². The molecule has 0 radical (unpaired) electrons. The highest BCUT2D eigenvalue weighted by Gasteiger charge is 2.09. The SMILES string of the molecule is CC(=O)NC(C)Cc1ccc(C(=O)CCC(=O)O)cc1. The third-order valence-electron chi connectivity index (χ3n) is 2.83. The maximum atomic E-state index is 11.7. The summed E-state index contributed by atoms with van der Waals surface area (Å²) in [6.07, 6.45) is 0.542. The quantitative estimate of drug-likeness (QED) is 0.744. The number of benzene rings is 1. The van der Waals surface area contributed by atoms with Crippen molar-refractivity contribution >= 4 is 17.7 Å². The van der Waals surface area contributed by atoms with Crippen LogP contribution in [0.4, 0.5) is 0 Å². The third-order valence-corrected chi connectivity index (χ3v) is 2.83. The lowest BCUT2D eigenvalue weighted by Crippen LogP contribution is -2.31. The number of carbonyl (C=O) groups is 3. The summed E-state index contributed by atoms with van der Waals surface area (Å²) >= 11 is 0. The summed E-state index contributed by atoms with van der Waals surface area (Å²) in [5.74, 6) is -1.22. The van der Waals surface area contributed by atoms with Crippen LogP contribution >= 0.6 is 0 Å². The van der Waals surface area contributed by atoms with Crippen LogP contribution in [0.25, 0.3) is 0 Å². The molecule has 1 rings (SSSR count). The van der Waals surface area contributed by atoms with Crippen molar-refractivity contribution in [1.82, 2.24) is 5.32 Å². The number of rotatable bonds is 7. The number of hydrogen-bond donors (Lipinski definition) is 2. The van der Waals surface area contributed by atoms with Crippen molar-refractivity contribution in [3.05, 3.63) is 35.4 Å². The van der Waals surface area contributed by atoms with Crippen LogP contribution < -0.4 is 5.32 Å². The summed E-state index contributed by atoms with van der Waals surface area (Å²) in [6.45, 7) is 3.38. The van der Waals surface area contributed by atoms with Gasteiger partial charge in [-0.1, -0.05) is 24.3 Å². The standard InChI is InChI=1S/C15H19NO4/c1-10(16-11(2)17)9-12-3-5-13(6-4-12)14(18)7-8-15(19)20/h3-6,10H,7-9H2,1-2H3,(H,16,17)(H,19,20). The highest BCUT2D eigenvalue weighted by atomic mass is 16.4. The molecule has 5 heteroatoms. The fourth-order valence-electron chi connectivity index (χ4n) is 1.94. The lowest BCUT2D eigenvalue weighted by atomic mass is 10.0. The first-order valence-corrected chi connectivity index (χ1v) is 6.49. The normalized spacial score (nSPS) is 11.7. The van der Waals surface area contributed by atoms with Gasteiger partial charge in [0.15, 0.2) is 5.78 Å². The van der Waals surface area contributed by atoms with Gasteiger partial charge in [-0.05, 0) is 18.9 Å². The van der Waals surface area contributed by atoms with Crippen LogP contribution in [-0.4, -0.2) is 28.8 Å². The zero-order valence-electron chi connectivity index (χ0n) is 11.7. The molecule has 0 saturated heterocycles. The summed E-state index contributed by atoms with van der Waals surface area (Å²) in [5, 5.41) is 11.3. The van der Waals surface area contributed by atoms with E-state index in [0.717, 1.165) is 5.56 Å². The Morgan fingerprint density at radius 2 is 1.75 bits per heavy atom. The Morgan fingerprint density at radius 3 is 2.25 bits per heavy atom. The smallest absolute Gasteiger partial charge is 0.303 e. The lowest BCUT2D eigenvalue weighted by Gasteiger charge is -2.12. The minimum Gasteiger partial charge on any atom is -0.481 e. The van der Waals surface area contributed by atoms with Gasteiger partial charge in [0.05, 0.1) is 6.42 Å². The summed E-state index contributed by atoms with van der Waals surface area (Å²) in [6, 6.07) is 7.07. The largest absolute Gasteiger partial charge is 0.481 e. The predicted molar refractivity (Wildman–Crippen MR) is 74.6 cm³/mol. The molecular weight excluding hydrogens is 258 g/mol. The van der Waals surface area contributed by atoms with Gasteiger partial charge >= 0.3 is 5.97 Å². The molecule has 1 amide bonds. The number of hydrogen-bond acceptors (Lipinski definition) is 3. The molecule has 0 aliphatic heterocycles. The van der Waals surface area contributed by atoms with Crippen LogP contribution in [-0.2, 0) is 16.0 Å². The third kappa shape index (κ3) is 5.65. The average molecular weight is 277 g/mol. The van der Waals surface area contributed by atoms with Crippen LogP contribution in [0.2, 0.25) is 0 Å². The molecule has 108 valence electrons. The Balaban J connectivity index is 2.57. The van der Waals surface area contributed by atoms with Crippen LogP contribution in [0.3, 0.4) is 0 Å². The van der Waals surface area contributed by atoms with Gasteiger partial charge < -0.3 is 10.4 Å². The van der Waals surface area contributed by atoms with Crippen molar-refractivity contribution < 1.29 is 19.5 Å². The van der Waals surface area contributed by atoms with Crippen molar-refractivity contribution in [3.8, 4) is 0 Å². The van der Waals surface area contributed by atoms with Crippen molar-refractivity contribution in [2.45, 2.75) is 39.2 Å². The minimum absolute atomic E-state index is 0.0109. The monoisotopic (exact) mass is 277 g/mol. The number of nitrogens with one attached hydrogen (secondary N) is 1. The maximum Gasteiger partial charge on any atom is 0.303 e. The summed E-state index contributed by atoms with van der Waals surface area (Å²) < 4.78 is 0. The molecule has 1 atom stereocenters. The lowest BCUT2D eigenvalue weighted by molar-refractivity contribution is -0.137. The number of aliphatic carboxylic acids is 1. The van der Waals surface area contributed by atoms with E-state index < -0.39 is 5.97 Å². The van der Waals surface area contributed by atoms with Gasteiger partial charge in [-0.15, -0.1) is 0 Å². The molecule has 0 aliphatic carbocycles. The summed E-state index contributed by atoms with van der Waals surface area (Å²) in [7, 11) is 0. The van der Waals surface area contributed by atoms with E-state index in [1.807, 2.05) is 19.1 Å². The zero-order valence-corrected chi connectivity index (χ0v) is 11.7. The second-order valence-corrected chi connectivity index (χ2v) is 4.82. The molecule has 2 N–H and O–H groups in total. The fraction of sp³-hybridized carbons (Fsp3) is 0.400. The Bertz CT molecular complexity index is 493. The Labute approximate surface area is 118 Å². The van der Waals surface area contributed by atoms with Crippen molar-refractivity contribution in [1.29, 1.82) is 0 Å². The molecule has 0 fully saturated rings. The van der Waals surface area contributed by atoms with Gasteiger partial charge in [-0.25, -0.2) is 0 Å². The number of amides is 1. The molecular formula is C15H19NO4. The number of carboxylic acids is 1. The average Bonchev–Trinajstić information content (AvgIpc) is 2.35. The van der Waals surface area contributed by atoms with E-state index in [4.69, 9.17) is 5.11 Å². The Kier molecular flexibility index (Phi) is 5.90. The number of Topliss-reactive ketones (excluding diaryl/α,β-unsaturated/α-hetero) is 1. The second kappa shape index (κ2) is 7.43. The van der Waals surface area contributed by atoms with E-state index in [9.17, 15) is 14.4 Å². The predicted octanol–water partition coefficient (Wildman–Crippen LogP) is 1.80. The molecule has 1 unspecified atom stereocenters. The van der Waals surface area contributed by atoms with E-state index in [0.29, 0.717) is 12.0 Å². The fourth-order valence-corrected chi connectivity index (χ4v) is 1.94. The highest BCUT2D eigenvalue weighted by molar-refractivity contribution is 5.97. The van der Waals surface area contributed by atoms with E-state index >= 15 is 0 Å². The molecule has 0 aliphatic rings. The molecule has 20 heavy (non-hydrogen) atoms. The molecule has 0 aromatic heterocycles. The highest BCUT2D eigenvalue weighted by Crippen LogP contribution is 2.10. The van der Waals surface area contributed by atoms with Crippen molar-refractivity contribution in [2.75, 3.05) is 0 Å². The van der Waals surface area contributed by atoms with Gasteiger partial charge in [0, 0.05) is 24.9 Å². The molecule has 0 bridgehead atoms. The maximum absolute atomic E-state index is 11.7. The first-order valence-electron chi connectivity index (χ1n) is 6.49. The van der Waals surface area contributed by atoms with E-state index in [2.05, 4.69) is 5.32 Å². The van der Waals surface area contributed by atoms with Crippen LogP contribution in [0, 0.1) is 0 Å². The van der Waals surface area contributed by atoms with Crippen molar-refractivity contribution in [2.24, 2.45) is 0 Å². The van der Waals surface area contributed by atoms with Crippen LogP contribution in [0.5, 0.6) is 0 Å². The first-order chi connectivity index (χ1) is 9.38. The Hall–Kier alpha value is -2.17. The first kappa shape index (κ1) is 15.9. The molecule has 0 spiro atoms. The van der Waals surface area contributed by atoms with Gasteiger partial charge in [-0.3, -0.25) is 14.4 Å². The second-order valence-electron chi connectivity index (χ2n) is 4.82. The minimum atomic E-state index is -0.973. The van der Waals surface area contributed by atoms with Crippen LogP contribution in [0.1, 0.15) is 42.6 Å². The van der Waals surface area contributed by atoms with Gasteiger partial charge in [0.2, 0.25) is 5.91 Å². The molecule has 5 nitrogen and oxygen atoms in total. The van der Waals surface area contributed by atoms with E-state index in [-0.39, 0.29) is 30.6 Å². The van der Waals surface area contributed by atoms with Crippen molar-refractivity contribution in [3.63, 3.8) is 0 Å².